The first-order valence-corrected chi connectivity index (χ1v) is 8.60. The summed E-state index contributed by atoms with van der Waals surface area (Å²) < 4.78 is 6.87. The minimum Gasteiger partial charge on any atom is -0.461 e. The first kappa shape index (κ1) is 16.5. The van der Waals surface area contributed by atoms with E-state index in [0.29, 0.717) is 12.8 Å². The number of furan rings is 1. The molecule has 4 heteroatoms. The Hall–Kier alpha value is -2.33. The van der Waals surface area contributed by atoms with Gasteiger partial charge in [-0.3, -0.25) is 4.79 Å². The first-order chi connectivity index (χ1) is 11.6. The summed E-state index contributed by atoms with van der Waals surface area (Å²) in [6, 6.07) is 19.6. The topological polar surface area (TPSA) is 42.2 Å². The van der Waals surface area contributed by atoms with Gasteiger partial charge in [-0.2, -0.15) is 0 Å². The van der Waals surface area contributed by atoms with Gasteiger partial charge in [0.05, 0.1) is 0 Å². The summed E-state index contributed by atoms with van der Waals surface area (Å²) in [4.78, 5) is 12.1. The Balaban J connectivity index is 1.57. The second-order valence-corrected chi connectivity index (χ2v) is 6.61. The number of anilines is 1. The van der Waals surface area contributed by atoms with Gasteiger partial charge in [0.25, 0.3) is 0 Å². The summed E-state index contributed by atoms with van der Waals surface area (Å²) in [5.41, 5.74) is 2.97. The Morgan fingerprint density at radius 1 is 1.08 bits per heavy atom. The van der Waals surface area contributed by atoms with E-state index >= 15 is 0 Å². The van der Waals surface area contributed by atoms with Gasteiger partial charge >= 0.3 is 0 Å². The standard InChI is InChI=1S/C20H18BrNO2/c1-14-3-2-4-17(13-14)22-20(23)12-10-18-9-11-19(24-18)15-5-7-16(21)8-6-15/h2-9,11,13H,10,12H2,1H3,(H,22,23). The van der Waals surface area contributed by atoms with Gasteiger partial charge in [-0.25, -0.2) is 0 Å². The highest BCUT2D eigenvalue weighted by Crippen LogP contribution is 2.24. The Kier molecular flexibility index (Phi) is 5.16. The molecule has 0 radical (unpaired) electrons. The largest absolute Gasteiger partial charge is 0.461 e. The van der Waals surface area contributed by atoms with E-state index in [2.05, 4.69) is 21.2 Å². The second kappa shape index (κ2) is 7.49. The molecule has 122 valence electrons. The molecule has 0 fully saturated rings. The molecule has 3 nitrogen and oxygen atoms in total. The molecule has 0 aliphatic heterocycles. The van der Waals surface area contributed by atoms with Crippen LogP contribution in [-0.2, 0) is 11.2 Å². The van der Waals surface area contributed by atoms with Gasteiger partial charge in [-0.1, -0.05) is 40.2 Å². The number of hydrogen-bond acceptors (Lipinski definition) is 2. The fraction of sp³-hybridized carbons (Fsp3) is 0.150. The molecule has 2 aromatic carbocycles. The zero-order chi connectivity index (χ0) is 16.9. The van der Waals surface area contributed by atoms with Crippen LogP contribution in [-0.4, -0.2) is 5.91 Å². The van der Waals surface area contributed by atoms with Gasteiger partial charge in [-0.05, 0) is 48.9 Å². The van der Waals surface area contributed by atoms with E-state index in [9.17, 15) is 4.79 Å². The molecule has 0 spiro atoms. The zero-order valence-electron chi connectivity index (χ0n) is 13.4. The summed E-state index contributed by atoms with van der Waals surface area (Å²) in [5, 5.41) is 2.91. The molecule has 1 amide bonds. The predicted molar refractivity (Wildman–Crippen MR) is 100.0 cm³/mol. The fourth-order valence-corrected chi connectivity index (χ4v) is 2.73. The number of rotatable bonds is 5. The van der Waals surface area contributed by atoms with Crippen LogP contribution in [0.3, 0.4) is 0 Å². The van der Waals surface area contributed by atoms with Crippen molar-refractivity contribution < 1.29 is 9.21 Å². The smallest absolute Gasteiger partial charge is 0.224 e. The van der Waals surface area contributed by atoms with E-state index in [1.165, 1.54) is 0 Å². The molecular weight excluding hydrogens is 366 g/mol. The monoisotopic (exact) mass is 383 g/mol. The maximum Gasteiger partial charge on any atom is 0.224 e. The van der Waals surface area contributed by atoms with Gasteiger partial charge in [0.15, 0.2) is 0 Å². The van der Waals surface area contributed by atoms with Crippen molar-refractivity contribution in [2.24, 2.45) is 0 Å². The Labute approximate surface area is 149 Å². The SMILES string of the molecule is Cc1cccc(NC(=O)CCc2ccc(-c3ccc(Br)cc3)o2)c1. The van der Waals surface area contributed by atoms with Crippen molar-refractivity contribution in [2.75, 3.05) is 5.32 Å². The lowest BCUT2D eigenvalue weighted by Gasteiger charge is -2.05. The number of halogens is 1. The van der Waals surface area contributed by atoms with E-state index in [4.69, 9.17) is 4.42 Å². The Morgan fingerprint density at radius 2 is 1.88 bits per heavy atom. The van der Waals surface area contributed by atoms with Crippen LogP contribution in [0.15, 0.2) is 69.6 Å². The van der Waals surface area contributed by atoms with Gasteiger partial charge < -0.3 is 9.73 Å². The predicted octanol–water partition coefficient (Wildman–Crippen LogP) is 5.59. The molecular formula is C20H18BrNO2. The highest BCUT2D eigenvalue weighted by Gasteiger charge is 2.08. The van der Waals surface area contributed by atoms with Crippen molar-refractivity contribution in [1.29, 1.82) is 0 Å². The molecule has 0 atom stereocenters. The number of benzene rings is 2. The quantitative estimate of drug-likeness (QED) is 0.623. The van der Waals surface area contributed by atoms with E-state index in [-0.39, 0.29) is 5.91 Å². The summed E-state index contributed by atoms with van der Waals surface area (Å²) in [5.74, 6) is 1.62. The van der Waals surface area contributed by atoms with Crippen molar-refractivity contribution in [3.8, 4) is 11.3 Å². The average molecular weight is 384 g/mol. The summed E-state index contributed by atoms with van der Waals surface area (Å²) >= 11 is 3.42. The van der Waals surface area contributed by atoms with Gasteiger partial charge in [0.1, 0.15) is 11.5 Å². The van der Waals surface area contributed by atoms with Gasteiger partial charge in [0, 0.05) is 28.6 Å². The van der Waals surface area contributed by atoms with E-state index < -0.39 is 0 Å². The molecule has 1 heterocycles. The first-order valence-electron chi connectivity index (χ1n) is 7.81. The third kappa shape index (κ3) is 4.36. The third-order valence-electron chi connectivity index (χ3n) is 3.69. The third-order valence-corrected chi connectivity index (χ3v) is 4.22. The van der Waals surface area contributed by atoms with E-state index in [0.717, 1.165) is 32.8 Å². The lowest BCUT2D eigenvalue weighted by atomic mass is 10.2. The highest BCUT2D eigenvalue weighted by molar-refractivity contribution is 9.10. The molecule has 1 N–H and O–H groups in total. The number of aryl methyl sites for hydroxylation is 2. The van der Waals surface area contributed by atoms with Gasteiger partial charge in [-0.15, -0.1) is 0 Å². The summed E-state index contributed by atoms with van der Waals surface area (Å²) in [7, 11) is 0. The zero-order valence-corrected chi connectivity index (χ0v) is 15.0. The minimum atomic E-state index is -0.0119. The van der Waals surface area contributed by atoms with Crippen LogP contribution >= 0.6 is 15.9 Å². The molecule has 1 aromatic heterocycles. The van der Waals surface area contributed by atoms with E-state index in [1.807, 2.05) is 67.6 Å². The molecule has 0 saturated carbocycles. The van der Waals surface area contributed by atoms with Crippen LogP contribution in [0.4, 0.5) is 5.69 Å². The molecule has 0 bridgehead atoms. The van der Waals surface area contributed by atoms with Crippen LogP contribution in [0.2, 0.25) is 0 Å². The normalized spacial score (nSPS) is 10.6. The number of carbonyl (C=O) groups is 1. The molecule has 0 saturated heterocycles. The van der Waals surface area contributed by atoms with Crippen LogP contribution in [0, 0.1) is 6.92 Å². The maximum absolute atomic E-state index is 12.1. The Bertz CT molecular complexity index is 837. The van der Waals surface area contributed by atoms with Crippen molar-refractivity contribution in [3.63, 3.8) is 0 Å². The van der Waals surface area contributed by atoms with Crippen molar-refractivity contribution in [1.82, 2.24) is 0 Å². The molecule has 0 unspecified atom stereocenters. The molecule has 24 heavy (non-hydrogen) atoms. The lowest BCUT2D eigenvalue weighted by molar-refractivity contribution is -0.116. The van der Waals surface area contributed by atoms with Gasteiger partial charge in [0.2, 0.25) is 5.91 Å². The van der Waals surface area contributed by atoms with Crippen molar-refractivity contribution >= 4 is 27.5 Å². The van der Waals surface area contributed by atoms with Crippen molar-refractivity contribution in [3.05, 3.63) is 76.5 Å². The number of nitrogens with one attached hydrogen (secondary N) is 1. The number of hydrogen-bond donors (Lipinski definition) is 1. The molecule has 3 aromatic rings. The van der Waals surface area contributed by atoms with Crippen LogP contribution in [0.5, 0.6) is 0 Å². The van der Waals surface area contributed by atoms with Crippen molar-refractivity contribution in [2.45, 2.75) is 19.8 Å². The summed E-state index contributed by atoms with van der Waals surface area (Å²) in [6.45, 7) is 2.00. The highest BCUT2D eigenvalue weighted by atomic mass is 79.9. The molecule has 3 rings (SSSR count). The van der Waals surface area contributed by atoms with Crippen LogP contribution < -0.4 is 5.32 Å². The molecule has 0 aliphatic rings. The molecule has 0 aliphatic carbocycles. The Morgan fingerprint density at radius 3 is 2.62 bits per heavy atom. The summed E-state index contributed by atoms with van der Waals surface area (Å²) in [6.07, 6.45) is 0.968. The van der Waals surface area contributed by atoms with Crippen LogP contribution in [0.25, 0.3) is 11.3 Å². The lowest BCUT2D eigenvalue weighted by Crippen LogP contribution is -2.12. The van der Waals surface area contributed by atoms with Crippen LogP contribution in [0.1, 0.15) is 17.7 Å². The fourth-order valence-electron chi connectivity index (χ4n) is 2.46. The maximum atomic E-state index is 12.1. The van der Waals surface area contributed by atoms with E-state index in [1.54, 1.807) is 0 Å². The number of carbonyl (C=O) groups excluding carboxylic acids is 1. The minimum absolute atomic E-state index is 0.0119. The average Bonchev–Trinajstić information content (AvgIpc) is 3.03. The second-order valence-electron chi connectivity index (χ2n) is 5.69. The number of amides is 1.